The van der Waals surface area contributed by atoms with Crippen LogP contribution >= 0.6 is 39.1 Å². The van der Waals surface area contributed by atoms with Gasteiger partial charge in [-0.25, -0.2) is 0 Å². The molecule has 0 unspecified atom stereocenters. The van der Waals surface area contributed by atoms with Crippen LogP contribution in [0.15, 0.2) is 52.7 Å². The maximum Gasteiger partial charge on any atom is 0.231 e. The smallest absolute Gasteiger partial charge is 0.231 e. The van der Waals surface area contributed by atoms with Crippen molar-refractivity contribution in [3.05, 3.63) is 90.6 Å². The number of Topliss-reactive ketones (excluding diaryl/α,β-unsaturated/α-hetero) is 1. The Balaban J connectivity index is 1.39. The van der Waals surface area contributed by atoms with Crippen LogP contribution in [0, 0.1) is 6.92 Å². The van der Waals surface area contributed by atoms with Crippen LogP contribution in [0.2, 0.25) is 10.0 Å². The van der Waals surface area contributed by atoms with Gasteiger partial charge in [0.25, 0.3) is 0 Å². The zero-order valence-electron chi connectivity index (χ0n) is 17.4. The molecule has 5 nitrogen and oxygen atoms in total. The van der Waals surface area contributed by atoms with Gasteiger partial charge >= 0.3 is 0 Å². The van der Waals surface area contributed by atoms with Gasteiger partial charge < -0.3 is 18.9 Å². The van der Waals surface area contributed by atoms with Crippen molar-refractivity contribution in [3.63, 3.8) is 0 Å². The molecule has 0 saturated heterocycles. The minimum Gasteiger partial charge on any atom is -0.488 e. The lowest BCUT2D eigenvalue weighted by atomic mass is 10.1. The summed E-state index contributed by atoms with van der Waals surface area (Å²) < 4.78 is 24.0. The summed E-state index contributed by atoms with van der Waals surface area (Å²) in [5.41, 5.74) is 3.82. The molecule has 0 aliphatic carbocycles. The molecule has 0 N–H and O–H groups in total. The molecular weight excluding hydrogens is 531 g/mol. The molecule has 33 heavy (non-hydrogen) atoms. The van der Waals surface area contributed by atoms with E-state index in [2.05, 4.69) is 15.9 Å². The maximum atomic E-state index is 12.9. The minimum absolute atomic E-state index is 0.194. The predicted octanol–water partition coefficient (Wildman–Crippen LogP) is 7.13. The quantitative estimate of drug-likeness (QED) is 0.325. The predicted molar refractivity (Wildman–Crippen MR) is 129 cm³/mol. The van der Waals surface area contributed by atoms with Gasteiger partial charge in [0.15, 0.2) is 12.6 Å². The van der Waals surface area contributed by atoms with E-state index in [1.54, 1.807) is 36.4 Å². The van der Waals surface area contributed by atoms with Crippen molar-refractivity contribution in [2.24, 2.45) is 0 Å². The Kier molecular flexibility index (Phi) is 6.10. The van der Waals surface area contributed by atoms with Crippen molar-refractivity contribution in [2.45, 2.75) is 20.1 Å². The van der Waals surface area contributed by atoms with Crippen LogP contribution in [0.3, 0.4) is 0 Å². The normalized spacial score (nSPS) is 15.6. The van der Waals surface area contributed by atoms with Gasteiger partial charge in [-0.3, -0.25) is 4.79 Å². The second-order valence-electron chi connectivity index (χ2n) is 7.63. The van der Waals surface area contributed by atoms with Crippen LogP contribution in [0.5, 0.6) is 17.2 Å². The van der Waals surface area contributed by atoms with Gasteiger partial charge in [0.2, 0.25) is 5.78 Å². The molecule has 0 bridgehead atoms. The number of allylic oxidation sites excluding steroid dienone is 1. The fourth-order valence-corrected chi connectivity index (χ4v) is 4.66. The molecule has 168 valence electrons. The molecule has 2 heterocycles. The number of fused-ring (bicyclic) bond motifs is 2. The molecule has 8 heteroatoms. The average molecular weight is 548 g/mol. The Bertz CT molecular complexity index is 1320. The number of ketones is 1. The second-order valence-corrected chi connectivity index (χ2v) is 9.36. The molecule has 3 aromatic carbocycles. The molecule has 0 fully saturated rings. The minimum atomic E-state index is -0.194. The lowest BCUT2D eigenvalue weighted by Gasteiger charge is -2.21. The van der Waals surface area contributed by atoms with E-state index in [1.807, 2.05) is 19.1 Å². The molecule has 0 atom stereocenters. The second kappa shape index (κ2) is 9.03. The van der Waals surface area contributed by atoms with Crippen LogP contribution in [-0.2, 0) is 18.0 Å². The van der Waals surface area contributed by atoms with Crippen molar-refractivity contribution in [1.82, 2.24) is 0 Å². The van der Waals surface area contributed by atoms with E-state index in [1.165, 1.54) is 0 Å². The van der Waals surface area contributed by atoms with Gasteiger partial charge in [-0.15, -0.1) is 0 Å². The third-order valence-corrected chi connectivity index (χ3v) is 6.61. The topological polar surface area (TPSA) is 54.0 Å². The van der Waals surface area contributed by atoms with Gasteiger partial charge in [-0.2, -0.15) is 0 Å². The lowest BCUT2D eigenvalue weighted by Crippen LogP contribution is -2.14. The third-order valence-electron chi connectivity index (χ3n) is 5.41. The van der Waals surface area contributed by atoms with E-state index in [0.29, 0.717) is 40.3 Å². The zero-order chi connectivity index (χ0) is 23.1. The Morgan fingerprint density at radius 1 is 1.09 bits per heavy atom. The summed E-state index contributed by atoms with van der Waals surface area (Å²) in [6.07, 6.45) is 1.65. The van der Waals surface area contributed by atoms with Crippen LogP contribution in [0.1, 0.15) is 32.6 Å². The van der Waals surface area contributed by atoms with E-state index in [-0.39, 0.29) is 18.3 Å². The van der Waals surface area contributed by atoms with Gasteiger partial charge in [0, 0.05) is 21.2 Å². The Labute approximate surface area is 208 Å². The molecule has 0 spiro atoms. The molecule has 0 radical (unpaired) electrons. The van der Waals surface area contributed by atoms with E-state index < -0.39 is 0 Å². The first kappa shape index (κ1) is 22.3. The number of benzene rings is 3. The number of hydrogen-bond donors (Lipinski definition) is 0. The fourth-order valence-electron chi connectivity index (χ4n) is 3.80. The van der Waals surface area contributed by atoms with E-state index >= 15 is 0 Å². The number of carbonyl (C=O) groups excluding carboxylic acids is 1. The highest BCUT2D eigenvalue weighted by Crippen LogP contribution is 2.40. The van der Waals surface area contributed by atoms with Crippen molar-refractivity contribution in [3.8, 4) is 17.2 Å². The van der Waals surface area contributed by atoms with Crippen LogP contribution in [0.25, 0.3) is 6.08 Å². The van der Waals surface area contributed by atoms with Crippen molar-refractivity contribution < 1.29 is 23.7 Å². The summed E-state index contributed by atoms with van der Waals surface area (Å²) in [5, 5.41) is 0.856. The van der Waals surface area contributed by atoms with E-state index in [0.717, 1.165) is 32.5 Å². The molecular formula is C25H17BrCl2O5. The van der Waals surface area contributed by atoms with Gasteiger partial charge in [-0.1, -0.05) is 45.2 Å². The summed E-state index contributed by atoms with van der Waals surface area (Å²) in [6, 6.07) is 12.6. The Morgan fingerprint density at radius 3 is 2.76 bits per heavy atom. The Hall–Kier alpha value is -2.51. The molecule has 0 amide bonds. The van der Waals surface area contributed by atoms with Crippen LogP contribution in [-0.4, -0.2) is 12.6 Å². The number of ether oxygens (including phenoxy) is 4. The lowest BCUT2D eigenvalue weighted by molar-refractivity contribution is -0.0176. The van der Waals surface area contributed by atoms with Gasteiger partial charge in [-0.05, 0) is 55.0 Å². The monoisotopic (exact) mass is 546 g/mol. The van der Waals surface area contributed by atoms with E-state index in [4.69, 9.17) is 42.1 Å². The first-order valence-electron chi connectivity index (χ1n) is 10.1. The summed E-state index contributed by atoms with van der Waals surface area (Å²) in [6.45, 7) is 2.86. The van der Waals surface area contributed by atoms with Crippen LogP contribution in [0.4, 0.5) is 0 Å². The number of halogens is 3. The van der Waals surface area contributed by atoms with Crippen molar-refractivity contribution >= 4 is 51.0 Å². The van der Waals surface area contributed by atoms with E-state index in [9.17, 15) is 4.79 Å². The molecule has 3 aromatic rings. The standard InChI is InChI=1S/C25H17BrCl2O5/c1-13-21(31-11-16-9-17(26)8-15-10-30-12-32-25(15)16)5-3-18-23(29)22(33-24(13)18)7-14-2-4-19(27)20(28)6-14/h2-9H,10-12H2,1H3/b22-7-. The number of carbonyl (C=O) groups is 1. The summed E-state index contributed by atoms with van der Waals surface area (Å²) in [7, 11) is 0. The zero-order valence-corrected chi connectivity index (χ0v) is 20.5. The molecule has 0 saturated carbocycles. The maximum absolute atomic E-state index is 12.9. The third kappa shape index (κ3) is 4.36. The number of hydrogen-bond acceptors (Lipinski definition) is 5. The summed E-state index contributed by atoms with van der Waals surface area (Å²) in [5.74, 6) is 1.92. The summed E-state index contributed by atoms with van der Waals surface area (Å²) in [4.78, 5) is 12.9. The fraction of sp³-hybridized carbons (Fsp3) is 0.160. The Morgan fingerprint density at radius 2 is 1.94 bits per heavy atom. The highest BCUT2D eigenvalue weighted by Gasteiger charge is 2.30. The molecule has 2 aliphatic heterocycles. The molecule has 2 aliphatic rings. The highest BCUT2D eigenvalue weighted by atomic mass is 79.9. The first-order valence-corrected chi connectivity index (χ1v) is 11.6. The number of rotatable bonds is 4. The van der Waals surface area contributed by atoms with Crippen molar-refractivity contribution in [1.29, 1.82) is 0 Å². The molecule has 5 rings (SSSR count). The molecule has 0 aromatic heterocycles. The van der Waals surface area contributed by atoms with Gasteiger partial charge in [0.1, 0.15) is 23.9 Å². The SMILES string of the molecule is Cc1c(OCc2cc(Br)cc3c2OCOC3)ccc2c1O/C(=C\c1ccc(Cl)c(Cl)c1)C2=O. The average Bonchev–Trinajstić information content (AvgIpc) is 3.11. The van der Waals surface area contributed by atoms with Crippen molar-refractivity contribution in [2.75, 3.05) is 6.79 Å². The van der Waals surface area contributed by atoms with Crippen LogP contribution < -0.4 is 14.2 Å². The first-order chi connectivity index (χ1) is 15.9. The summed E-state index contributed by atoms with van der Waals surface area (Å²) >= 11 is 15.6. The highest BCUT2D eigenvalue weighted by molar-refractivity contribution is 9.10. The largest absolute Gasteiger partial charge is 0.488 e. The van der Waals surface area contributed by atoms with Gasteiger partial charge in [0.05, 0.1) is 22.2 Å².